The van der Waals surface area contributed by atoms with Crippen molar-refractivity contribution in [1.29, 1.82) is 0 Å². The summed E-state index contributed by atoms with van der Waals surface area (Å²) in [5, 5.41) is 9.61. The van der Waals surface area contributed by atoms with Crippen LogP contribution in [0.4, 0.5) is 4.79 Å². The van der Waals surface area contributed by atoms with Gasteiger partial charge in [-0.1, -0.05) is 24.3 Å². The second-order valence-electron chi connectivity index (χ2n) is 12.3. The topological polar surface area (TPSA) is 70.8 Å². The van der Waals surface area contributed by atoms with Crippen molar-refractivity contribution in [1.82, 2.24) is 19.4 Å². The molecule has 208 valence electrons. The number of para-hydroxylation sites is 2. The molecule has 1 unspecified atom stereocenters. The van der Waals surface area contributed by atoms with E-state index in [4.69, 9.17) is 9.72 Å². The summed E-state index contributed by atoms with van der Waals surface area (Å²) in [6.07, 6.45) is 6.98. The Morgan fingerprint density at radius 3 is 2.46 bits per heavy atom. The number of aryl methyl sites for hydroxylation is 1. The van der Waals surface area contributed by atoms with Gasteiger partial charge in [0.2, 0.25) is 0 Å². The van der Waals surface area contributed by atoms with Crippen LogP contribution >= 0.6 is 0 Å². The smallest absolute Gasteiger partial charge is 0.407 e. The van der Waals surface area contributed by atoms with Crippen molar-refractivity contribution in [3.8, 4) is 5.75 Å². The van der Waals surface area contributed by atoms with Crippen LogP contribution in [0.15, 0.2) is 48.5 Å². The number of nitrogens with zero attached hydrogens (tertiary/aromatic N) is 4. The highest BCUT2D eigenvalue weighted by Gasteiger charge is 2.44. The molecule has 1 aromatic heterocycles. The summed E-state index contributed by atoms with van der Waals surface area (Å²) in [6, 6.07) is 18.8. The Bertz CT molecular complexity index is 1310. The molecular weight excluding hydrogens is 488 g/mol. The van der Waals surface area contributed by atoms with Gasteiger partial charge in [0, 0.05) is 36.6 Å². The first-order valence-corrected chi connectivity index (χ1v) is 14.8. The molecule has 0 radical (unpaired) electrons. The molecular formula is C32H42N4O3. The fourth-order valence-electron chi connectivity index (χ4n) is 7.77. The number of benzene rings is 2. The lowest BCUT2D eigenvalue weighted by Crippen LogP contribution is -2.48. The highest BCUT2D eigenvalue weighted by molar-refractivity contribution is 5.76. The van der Waals surface area contributed by atoms with Gasteiger partial charge in [-0.15, -0.1) is 0 Å². The molecule has 2 bridgehead atoms. The summed E-state index contributed by atoms with van der Waals surface area (Å²) in [6.45, 7) is 8.51. The van der Waals surface area contributed by atoms with E-state index in [2.05, 4.69) is 72.7 Å². The summed E-state index contributed by atoms with van der Waals surface area (Å²) in [4.78, 5) is 20.9. The van der Waals surface area contributed by atoms with Gasteiger partial charge >= 0.3 is 6.09 Å². The van der Waals surface area contributed by atoms with Gasteiger partial charge in [0.05, 0.1) is 17.1 Å². The molecule has 0 spiro atoms. The van der Waals surface area contributed by atoms with Crippen molar-refractivity contribution in [2.75, 3.05) is 19.6 Å². The Kier molecular flexibility index (Phi) is 7.04. The van der Waals surface area contributed by atoms with Gasteiger partial charge in [-0.25, -0.2) is 9.78 Å². The summed E-state index contributed by atoms with van der Waals surface area (Å²) < 4.78 is 8.55. The number of ether oxygens (including phenoxy) is 1. The summed E-state index contributed by atoms with van der Waals surface area (Å²) in [5.41, 5.74) is 3.63. The van der Waals surface area contributed by atoms with E-state index in [0.717, 1.165) is 42.9 Å². The second kappa shape index (κ2) is 10.5. The number of piperidine rings is 2. The van der Waals surface area contributed by atoms with E-state index in [1.54, 1.807) is 4.90 Å². The molecule has 6 rings (SSSR count). The first-order chi connectivity index (χ1) is 18.8. The predicted molar refractivity (Wildman–Crippen MR) is 154 cm³/mol. The van der Waals surface area contributed by atoms with E-state index >= 15 is 0 Å². The molecule has 0 aliphatic carbocycles. The zero-order valence-electron chi connectivity index (χ0n) is 23.6. The maximum absolute atomic E-state index is 11.7. The van der Waals surface area contributed by atoms with Crippen LogP contribution in [-0.2, 0) is 5.41 Å². The van der Waals surface area contributed by atoms with E-state index in [-0.39, 0.29) is 11.5 Å². The van der Waals surface area contributed by atoms with Gasteiger partial charge < -0.3 is 19.3 Å². The molecule has 3 aliphatic heterocycles. The standard InChI is InChI=1S/C32H42N4O3/c1-22(2)39-28-8-6-7-24(19-28)32(13-16-34(17-14-32)31(37)38)15-18-35-25-11-12-26(35)21-27(20-25)36-23(3)33-29-9-4-5-10-30(29)36/h4-10,19,22,25-27H,11-18,20-21H2,1-3H3,(H,37,38)/t25-,26+,27?. The van der Waals surface area contributed by atoms with Crippen molar-refractivity contribution in [3.63, 3.8) is 0 Å². The zero-order valence-corrected chi connectivity index (χ0v) is 23.6. The predicted octanol–water partition coefficient (Wildman–Crippen LogP) is 6.40. The van der Waals surface area contributed by atoms with Crippen LogP contribution in [-0.4, -0.2) is 68.4 Å². The molecule has 3 aliphatic rings. The number of imidazole rings is 1. The van der Waals surface area contributed by atoms with E-state index in [9.17, 15) is 9.90 Å². The molecule has 1 amide bonds. The van der Waals surface area contributed by atoms with Crippen LogP contribution in [0, 0.1) is 6.92 Å². The number of rotatable bonds is 7. The van der Waals surface area contributed by atoms with Crippen LogP contribution in [0.2, 0.25) is 0 Å². The van der Waals surface area contributed by atoms with Gasteiger partial charge in [0.15, 0.2) is 0 Å². The normalized spacial score (nSPS) is 24.9. The van der Waals surface area contributed by atoms with Crippen LogP contribution in [0.25, 0.3) is 11.0 Å². The molecule has 0 saturated carbocycles. The fourth-order valence-corrected chi connectivity index (χ4v) is 7.77. The lowest BCUT2D eigenvalue weighted by Gasteiger charge is -2.45. The van der Waals surface area contributed by atoms with Gasteiger partial charge in [0.1, 0.15) is 11.6 Å². The number of likely N-dealkylation sites (tertiary alicyclic amines) is 1. The second-order valence-corrected chi connectivity index (χ2v) is 12.3. The van der Waals surface area contributed by atoms with Crippen molar-refractivity contribution >= 4 is 17.1 Å². The molecule has 3 atom stereocenters. The van der Waals surface area contributed by atoms with Gasteiger partial charge in [-0.2, -0.15) is 0 Å². The van der Waals surface area contributed by atoms with Crippen molar-refractivity contribution in [2.45, 2.75) is 95.4 Å². The third-order valence-corrected chi connectivity index (χ3v) is 9.65. The third-order valence-electron chi connectivity index (χ3n) is 9.65. The number of aromatic nitrogens is 2. The number of amides is 1. The van der Waals surface area contributed by atoms with E-state index in [1.807, 2.05) is 6.07 Å². The van der Waals surface area contributed by atoms with E-state index in [1.165, 1.54) is 36.8 Å². The van der Waals surface area contributed by atoms with Gasteiger partial charge in [0.25, 0.3) is 0 Å². The number of hydrogen-bond donors (Lipinski definition) is 1. The molecule has 39 heavy (non-hydrogen) atoms. The summed E-state index contributed by atoms with van der Waals surface area (Å²) >= 11 is 0. The largest absolute Gasteiger partial charge is 0.491 e. The first-order valence-electron chi connectivity index (χ1n) is 14.8. The minimum Gasteiger partial charge on any atom is -0.491 e. The fraction of sp³-hybridized carbons (Fsp3) is 0.562. The van der Waals surface area contributed by atoms with E-state index < -0.39 is 6.09 Å². The highest BCUT2D eigenvalue weighted by Crippen LogP contribution is 2.45. The van der Waals surface area contributed by atoms with Gasteiger partial charge in [-0.05, 0) is 102 Å². The number of carbonyl (C=O) groups is 1. The highest BCUT2D eigenvalue weighted by atomic mass is 16.5. The maximum atomic E-state index is 11.7. The Labute approximate surface area is 231 Å². The third kappa shape index (κ3) is 5.02. The Morgan fingerprint density at radius 2 is 1.77 bits per heavy atom. The molecule has 2 aromatic carbocycles. The Hall–Kier alpha value is -3.06. The molecule has 4 heterocycles. The zero-order chi connectivity index (χ0) is 27.1. The molecule has 1 N–H and O–H groups in total. The van der Waals surface area contributed by atoms with Crippen LogP contribution in [0.3, 0.4) is 0 Å². The average Bonchev–Trinajstić information content (AvgIpc) is 3.38. The quantitative estimate of drug-likeness (QED) is 0.383. The monoisotopic (exact) mass is 530 g/mol. The Morgan fingerprint density at radius 1 is 1.05 bits per heavy atom. The van der Waals surface area contributed by atoms with Crippen LogP contribution in [0.1, 0.15) is 76.2 Å². The minimum atomic E-state index is -0.803. The summed E-state index contributed by atoms with van der Waals surface area (Å²) in [5.74, 6) is 2.04. The number of fused-ring (bicyclic) bond motifs is 3. The summed E-state index contributed by atoms with van der Waals surface area (Å²) in [7, 11) is 0. The minimum absolute atomic E-state index is 0.0320. The lowest BCUT2D eigenvalue weighted by molar-refractivity contribution is 0.0799. The molecule has 3 fully saturated rings. The van der Waals surface area contributed by atoms with Crippen molar-refractivity contribution < 1.29 is 14.6 Å². The first kappa shape index (κ1) is 26.2. The number of hydrogen-bond acceptors (Lipinski definition) is 4. The maximum Gasteiger partial charge on any atom is 0.407 e. The van der Waals surface area contributed by atoms with Crippen LogP contribution in [0.5, 0.6) is 5.75 Å². The Balaban J connectivity index is 1.21. The molecule has 3 aromatic rings. The molecule has 7 nitrogen and oxygen atoms in total. The lowest BCUT2D eigenvalue weighted by atomic mass is 9.70. The van der Waals surface area contributed by atoms with Crippen LogP contribution < -0.4 is 4.74 Å². The van der Waals surface area contributed by atoms with Crippen molar-refractivity contribution in [2.24, 2.45) is 0 Å². The average molecular weight is 531 g/mol. The molecule has 7 heteroatoms. The van der Waals surface area contributed by atoms with Gasteiger partial charge in [-0.3, -0.25) is 4.90 Å². The number of carboxylic acid groups (broad SMARTS) is 1. The SMILES string of the molecule is Cc1nc2ccccc2n1C1C[C@H]2CC[C@@H](C1)N2CCC1(c2cccc(OC(C)C)c2)CCN(C(=O)O)CC1. The molecule has 3 saturated heterocycles. The van der Waals surface area contributed by atoms with Crippen molar-refractivity contribution in [3.05, 3.63) is 59.9 Å². The van der Waals surface area contributed by atoms with E-state index in [0.29, 0.717) is 31.2 Å².